The fourth-order valence-electron chi connectivity index (χ4n) is 1.25. The lowest BCUT2D eigenvalue weighted by Crippen LogP contribution is -2.25. The van der Waals surface area contributed by atoms with Crippen LogP contribution in [-0.2, 0) is 4.74 Å². The fraction of sp³-hybridized carbons (Fsp3) is 1.00. The van der Waals surface area contributed by atoms with Crippen molar-refractivity contribution in [3.63, 3.8) is 0 Å². The largest absolute Gasteiger partial charge is 0.389 e. The molecule has 1 heterocycles. The van der Waals surface area contributed by atoms with Gasteiger partial charge in [-0.2, -0.15) is 0 Å². The molecule has 2 atom stereocenters. The van der Waals surface area contributed by atoms with Crippen LogP contribution < -0.4 is 0 Å². The first kappa shape index (κ1) is 8.93. The molecule has 0 unspecified atom stereocenters. The van der Waals surface area contributed by atoms with E-state index >= 15 is 0 Å². The minimum absolute atomic E-state index is 0.560. The van der Waals surface area contributed by atoms with Gasteiger partial charge in [0, 0.05) is 26.7 Å². The van der Waals surface area contributed by atoms with Crippen LogP contribution in [0.5, 0.6) is 0 Å². The molecule has 0 radical (unpaired) electrons. The second kappa shape index (κ2) is 4.01. The van der Waals surface area contributed by atoms with Gasteiger partial charge in [0.2, 0.25) is 0 Å². The molecule has 4 heteroatoms. The Kier molecular flexibility index (Phi) is 3.26. The van der Waals surface area contributed by atoms with Gasteiger partial charge in [0.05, 0.1) is 18.8 Å². The molecule has 0 aromatic carbocycles. The smallest absolute Gasteiger partial charge is 0.0938 e. The summed E-state index contributed by atoms with van der Waals surface area (Å²) in [5, 5.41) is 18.3. The summed E-state index contributed by atoms with van der Waals surface area (Å²) in [5.41, 5.74) is 0. The third kappa shape index (κ3) is 2.41. The second-order valence-electron chi connectivity index (χ2n) is 2.89. The van der Waals surface area contributed by atoms with Crippen LogP contribution in [0.4, 0.5) is 0 Å². The lowest BCUT2D eigenvalue weighted by Gasteiger charge is -2.12. The molecule has 1 aliphatic rings. The molecule has 1 fully saturated rings. The van der Waals surface area contributed by atoms with Crippen LogP contribution >= 0.6 is 0 Å². The third-order valence-electron chi connectivity index (χ3n) is 1.95. The molecular formula is C7H15NO3. The van der Waals surface area contributed by atoms with Crippen molar-refractivity contribution in [1.29, 1.82) is 0 Å². The predicted molar refractivity (Wildman–Crippen MR) is 40.3 cm³/mol. The Hall–Kier alpha value is -0.160. The molecule has 11 heavy (non-hydrogen) atoms. The number of rotatable bonds is 3. The first-order chi connectivity index (χ1) is 5.24. The molecule has 0 saturated carbocycles. The highest BCUT2D eigenvalue weighted by Crippen LogP contribution is 2.08. The van der Waals surface area contributed by atoms with Gasteiger partial charge in [0.25, 0.3) is 0 Å². The molecule has 1 aliphatic heterocycles. The Bertz CT molecular complexity index is 110. The summed E-state index contributed by atoms with van der Waals surface area (Å²) < 4.78 is 4.87. The Morgan fingerprint density at radius 1 is 1.36 bits per heavy atom. The lowest BCUT2D eigenvalue weighted by atomic mass is 10.3. The first-order valence-electron chi connectivity index (χ1n) is 3.81. The lowest BCUT2D eigenvalue weighted by molar-refractivity contribution is 0.0572. The molecule has 0 bridgehead atoms. The van der Waals surface area contributed by atoms with E-state index in [-0.39, 0.29) is 0 Å². The molecule has 66 valence electrons. The number of ether oxygens (including phenoxy) is 1. The molecule has 0 aromatic rings. The van der Waals surface area contributed by atoms with Gasteiger partial charge in [-0.15, -0.1) is 0 Å². The SMILES string of the molecule is COCCN1C[C@@H](O)[C@@H](O)C1. The van der Waals surface area contributed by atoms with Gasteiger partial charge in [-0.05, 0) is 0 Å². The van der Waals surface area contributed by atoms with Crippen LogP contribution in [0.1, 0.15) is 0 Å². The average Bonchev–Trinajstić information content (AvgIpc) is 2.28. The van der Waals surface area contributed by atoms with Crippen molar-refractivity contribution in [2.24, 2.45) is 0 Å². The molecule has 1 rings (SSSR count). The van der Waals surface area contributed by atoms with Crippen molar-refractivity contribution < 1.29 is 14.9 Å². The van der Waals surface area contributed by atoms with E-state index in [4.69, 9.17) is 14.9 Å². The van der Waals surface area contributed by atoms with E-state index in [2.05, 4.69) is 0 Å². The standard InChI is InChI=1S/C7H15NO3/c1-11-3-2-8-4-6(9)7(10)5-8/h6-7,9-10H,2-5H2,1H3/t6-,7+. The van der Waals surface area contributed by atoms with Gasteiger partial charge < -0.3 is 14.9 Å². The topological polar surface area (TPSA) is 52.9 Å². The monoisotopic (exact) mass is 161 g/mol. The zero-order chi connectivity index (χ0) is 8.27. The maximum Gasteiger partial charge on any atom is 0.0938 e. The normalized spacial score (nSPS) is 33.0. The minimum atomic E-state index is -0.577. The van der Waals surface area contributed by atoms with Crippen molar-refractivity contribution in [3.8, 4) is 0 Å². The predicted octanol–water partition coefficient (Wildman–Crippen LogP) is -1.33. The minimum Gasteiger partial charge on any atom is -0.389 e. The summed E-state index contributed by atoms with van der Waals surface area (Å²) >= 11 is 0. The Labute approximate surface area is 66.4 Å². The zero-order valence-corrected chi connectivity index (χ0v) is 6.73. The number of methoxy groups -OCH3 is 1. The van der Waals surface area contributed by atoms with Gasteiger partial charge in [-0.3, -0.25) is 4.90 Å². The summed E-state index contributed by atoms with van der Waals surface area (Å²) in [4.78, 5) is 1.98. The number of hydrogen-bond acceptors (Lipinski definition) is 4. The summed E-state index contributed by atoms with van der Waals surface area (Å²) in [5.74, 6) is 0. The quantitative estimate of drug-likeness (QED) is 0.538. The van der Waals surface area contributed by atoms with E-state index in [9.17, 15) is 0 Å². The molecule has 1 saturated heterocycles. The molecular weight excluding hydrogens is 146 g/mol. The molecule has 0 aliphatic carbocycles. The highest BCUT2D eigenvalue weighted by molar-refractivity contribution is 4.82. The van der Waals surface area contributed by atoms with Crippen LogP contribution in [0, 0.1) is 0 Å². The Morgan fingerprint density at radius 3 is 2.36 bits per heavy atom. The van der Waals surface area contributed by atoms with E-state index in [0.29, 0.717) is 19.7 Å². The van der Waals surface area contributed by atoms with Crippen LogP contribution in [0.25, 0.3) is 0 Å². The number of aliphatic hydroxyl groups is 2. The van der Waals surface area contributed by atoms with Crippen molar-refractivity contribution in [1.82, 2.24) is 4.90 Å². The van der Waals surface area contributed by atoms with Gasteiger partial charge >= 0.3 is 0 Å². The van der Waals surface area contributed by atoms with Crippen molar-refractivity contribution in [2.75, 3.05) is 33.4 Å². The highest BCUT2D eigenvalue weighted by Gasteiger charge is 2.28. The van der Waals surface area contributed by atoms with E-state index in [0.717, 1.165) is 6.54 Å². The molecule has 0 amide bonds. The molecule has 0 aromatic heterocycles. The number of β-amino-alcohol motifs (C(OH)–C–C–N with tert-alkyl or cyclic N) is 2. The summed E-state index contributed by atoms with van der Waals surface area (Å²) in [6.45, 7) is 2.55. The summed E-state index contributed by atoms with van der Waals surface area (Å²) in [6.07, 6.45) is -1.15. The number of aliphatic hydroxyl groups excluding tert-OH is 2. The van der Waals surface area contributed by atoms with Gasteiger partial charge in [0.15, 0.2) is 0 Å². The van der Waals surface area contributed by atoms with E-state index in [1.54, 1.807) is 7.11 Å². The van der Waals surface area contributed by atoms with Crippen LogP contribution in [-0.4, -0.2) is 60.7 Å². The van der Waals surface area contributed by atoms with Crippen LogP contribution in [0.2, 0.25) is 0 Å². The first-order valence-corrected chi connectivity index (χ1v) is 3.81. The fourth-order valence-corrected chi connectivity index (χ4v) is 1.25. The number of likely N-dealkylation sites (tertiary alicyclic amines) is 1. The van der Waals surface area contributed by atoms with Gasteiger partial charge in [-0.25, -0.2) is 0 Å². The molecule has 0 spiro atoms. The van der Waals surface area contributed by atoms with Crippen molar-refractivity contribution in [2.45, 2.75) is 12.2 Å². The van der Waals surface area contributed by atoms with E-state index in [1.807, 2.05) is 4.90 Å². The van der Waals surface area contributed by atoms with Crippen molar-refractivity contribution >= 4 is 0 Å². The van der Waals surface area contributed by atoms with Gasteiger partial charge in [-0.1, -0.05) is 0 Å². The maximum atomic E-state index is 9.13. The van der Waals surface area contributed by atoms with E-state index in [1.165, 1.54) is 0 Å². The Balaban J connectivity index is 2.18. The number of nitrogens with zero attached hydrogens (tertiary/aromatic N) is 1. The highest BCUT2D eigenvalue weighted by atomic mass is 16.5. The maximum absolute atomic E-state index is 9.13. The van der Waals surface area contributed by atoms with Crippen LogP contribution in [0.15, 0.2) is 0 Å². The summed E-state index contributed by atoms with van der Waals surface area (Å²) in [6, 6.07) is 0. The second-order valence-corrected chi connectivity index (χ2v) is 2.89. The Morgan fingerprint density at radius 2 is 1.91 bits per heavy atom. The average molecular weight is 161 g/mol. The van der Waals surface area contributed by atoms with Crippen LogP contribution in [0.3, 0.4) is 0 Å². The molecule has 4 nitrogen and oxygen atoms in total. The third-order valence-corrected chi connectivity index (χ3v) is 1.95. The number of hydrogen-bond donors (Lipinski definition) is 2. The summed E-state index contributed by atoms with van der Waals surface area (Å²) in [7, 11) is 1.64. The van der Waals surface area contributed by atoms with E-state index < -0.39 is 12.2 Å². The molecule has 2 N–H and O–H groups in total. The van der Waals surface area contributed by atoms with Gasteiger partial charge in [0.1, 0.15) is 0 Å². The van der Waals surface area contributed by atoms with Crippen molar-refractivity contribution in [3.05, 3.63) is 0 Å². The zero-order valence-electron chi connectivity index (χ0n) is 6.73.